The molecule has 0 unspecified atom stereocenters. The second kappa shape index (κ2) is 9.72. The zero-order valence-corrected chi connectivity index (χ0v) is 21.6. The highest BCUT2D eigenvalue weighted by molar-refractivity contribution is 7.92. The molecule has 0 N–H and O–H groups in total. The molecule has 0 bridgehead atoms. The van der Waals surface area contributed by atoms with E-state index < -0.39 is 20.1 Å². The molecule has 4 rings (SSSR count). The van der Waals surface area contributed by atoms with Crippen LogP contribution in [0.2, 0.25) is 15.1 Å². The van der Waals surface area contributed by atoms with E-state index in [9.17, 15) is 22.1 Å². The third-order valence-electron chi connectivity index (χ3n) is 5.14. The van der Waals surface area contributed by atoms with E-state index in [0.29, 0.717) is 10.0 Å². The van der Waals surface area contributed by atoms with Crippen LogP contribution in [0.3, 0.4) is 0 Å². The Kier molecular flexibility index (Phi) is 7.04. The van der Waals surface area contributed by atoms with E-state index >= 15 is 0 Å². The highest BCUT2D eigenvalue weighted by Crippen LogP contribution is 2.40. The molecule has 1 aliphatic heterocycles. The fraction of sp³-hybridized carbons (Fsp3) is 0.0870. The summed E-state index contributed by atoms with van der Waals surface area (Å²) >= 11 is 17.9. The van der Waals surface area contributed by atoms with Crippen LogP contribution in [0, 0.1) is 11.3 Å². The third kappa shape index (κ3) is 5.13. The molecule has 12 heteroatoms. The van der Waals surface area contributed by atoms with E-state index in [2.05, 4.69) is 0 Å². The Balaban J connectivity index is 1.86. The van der Waals surface area contributed by atoms with Crippen molar-refractivity contribution in [2.45, 2.75) is 16.2 Å². The summed E-state index contributed by atoms with van der Waals surface area (Å²) in [5.74, 6) is -0.275. The third-order valence-corrected chi connectivity index (χ3v) is 8.95. The molecule has 0 aliphatic carbocycles. The lowest BCUT2D eigenvalue weighted by Crippen LogP contribution is -2.32. The molecule has 1 heterocycles. The van der Waals surface area contributed by atoms with Gasteiger partial charge in [0, 0.05) is 33.6 Å². The van der Waals surface area contributed by atoms with Crippen LogP contribution in [0.4, 0.5) is 5.69 Å². The summed E-state index contributed by atoms with van der Waals surface area (Å²) in [6, 6.07) is 17.1. The summed E-state index contributed by atoms with van der Waals surface area (Å²) in [5, 5.41) is 10.7. The first-order chi connectivity index (χ1) is 16.5. The Labute approximate surface area is 217 Å². The van der Waals surface area contributed by atoms with Gasteiger partial charge in [-0.3, -0.25) is 4.31 Å². The average Bonchev–Trinajstić information content (AvgIpc) is 2.96. The van der Waals surface area contributed by atoms with Crippen LogP contribution >= 0.6 is 34.8 Å². The fourth-order valence-corrected chi connectivity index (χ4v) is 6.33. The molecule has 0 spiro atoms. The Morgan fingerprint density at radius 1 is 0.800 bits per heavy atom. The second-order valence-corrected chi connectivity index (χ2v) is 12.1. The molecule has 3 aromatic carbocycles. The van der Waals surface area contributed by atoms with E-state index in [4.69, 9.17) is 39.0 Å². The van der Waals surface area contributed by atoms with Gasteiger partial charge >= 0.3 is 10.1 Å². The molecule has 3 aromatic rings. The number of benzene rings is 3. The van der Waals surface area contributed by atoms with E-state index in [1.54, 1.807) is 0 Å². The van der Waals surface area contributed by atoms with Crippen LogP contribution in [0.15, 0.2) is 82.1 Å². The van der Waals surface area contributed by atoms with Crippen LogP contribution in [-0.4, -0.2) is 23.4 Å². The predicted octanol–water partition coefficient (Wildman–Crippen LogP) is 5.89. The number of hydrogen-bond donors (Lipinski definition) is 0. The van der Waals surface area contributed by atoms with Crippen molar-refractivity contribution in [3.8, 4) is 6.07 Å². The van der Waals surface area contributed by atoms with Gasteiger partial charge in [0.2, 0.25) is 0 Å². The van der Waals surface area contributed by atoms with Crippen molar-refractivity contribution in [2.75, 3.05) is 10.8 Å². The highest BCUT2D eigenvalue weighted by Gasteiger charge is 2.34. The molecule has 180 valence electrons. The number of hydrogen-bond acceptors (Lipinski definition) is 6. The minimum atomic E-state index is -4.38. The number of rotatable bonds is 5. The van der Waals surface area contributed by atoms with Crippen molar-refractivity contribution in [1.82, 2.24) is 0 Å². The first-order valence-electron chi connectivity index (χ1n) is 9.94. The summed E-state index contributed by atoms with van der Waals surface area (Å²) in [4.78, 5) is -0.221. The fourth-order valence-electron chi connectivity index (χ4n) is 3.46. The van der Waals surface area contributed by atoms with Gasteiger partial charge in [0.15, 0.2) is 5.76 Å². The van der Waals surface area contributed by atoms with E-state index in [0.717, 1.165) is 4.31 Å². The maximum atomic E-state index is 13.5. The Bertz CT molecular complexity index is 1580. The molecule has 0 saturated heterocycles. The van der Waals surface area contributed by atoms with Crippen molar-refractivity contribution in [1.29, 1.82) is 5.26 Å². The maximum absolute atomic E-state index is 13.5. The van der Waals surface area contributed by atoms with Gasteiger partial charge in [-0.05, 0) is 66.7 Å². The maximum Gasteiger partial charge on any atom is 0.339 e. The zero-order valence-electron chi connectivity index (χ0n) is 17.7. The predicted molar refractivity (Wildman–Crippen MR) is 134 cm³/mol. The molecular formula is C23H15Cl3N2O5S2. The Hall–Kier alpha value is -2.74. The summed E-state index contributed by atoms with van der Waals surface area (Å²) in [7, 11) is -8.51. The molecule has 0 atom stereocenters. The highest BCUT2D eigenvalue weighted by atomic mass is 35.5. The number of nitriles is 1. The van der Waals surface area contributed by atoms with Crippen molar-refractivity contribution in [3.63, 3.8) is 0 Å². The first kappa shape index (κ1) is 25.4. The van der Waals surface area contributed by atoms with Gasteiger partial charge in [-0.1, -0.05) is 34.8 Å². The number of nitrogens with zero attached hydrogens (tertiary/aromatic N) is 2. The molecule has 7 nitrogen and oxygen atoms in total. The SMILES string of the molecule is N#CC1=C(OS(=O)(=O)c2ccc(Cl)cc2)c2ccc(Cl)cc2N(S(=O)(=O)c2ccc(Cl)cc2)CC1. The monoisotopic (exact) mass is 568 g/mol. The second-order valence-electron chi connectivity index (χ2n) is 7.35. The number of halogens is 3. The average molecular weight is 570 g/mol. The van der Waals surface area contributed by atoms with Gasteiger partial charge in [-0.15, -0.1) is 0 Å². The minimum Gasteiger partial charge on any atom is -0.377 e. The summed E-state index contributed by atoms with van der Waals surface area (Å²) < 4.78 is 59.6. The Morgan fingerprint density at radius 2 is 1.34 bits per heavy atom. The van der Waals surface area contributed by atoms with Gasteiger partial charge in [-0.2, -0.15) is 13.7 Å². The lowest BCUT2D eigenvalue weighted by Gasteiger charge is -2.25. The standard InChI is InChI=1S/C23H15Cl3N2O5S2/c24-16-1-6-19(7-2-16)34(29,30)28-12-11-15(14-27)23(21-10-5-18(26)13-22(21)28)33-35(31,32)20-8-3-17(25)4-9-20/h1-10,13H,11-12H2. The number of sulfonamides is 1. The van der Waals surface area contributed by atoms with Gasteiger partial charge in [0.25, 0.3) is 10.0 Å². The van der Waals surface area contributed by atoms with E-state index in [1.165, 1.54) is 66.7 Å². The van der Waals surface area contributed by atoms with Crippen molar-refractivity contribution < 1.29 is 21.0 Å². The van der Waals surface area contributed by atoms with Crippen LogP contribution in [0.1, 0.15) is 12.0 Å². The summed E-state index contributed by atoms with van der Waals surface area (Å²) in [6.45, 7) is -0.158. The van der Waals surface area contributed by atoms with Crippen molar-refractivity contribution >= 4 is 66.4 Å². The minimum absolute atomic E-state index is 0.0375. The normalized spacial score (nSPS) is 14.2. The lowest BCUT2D eigenvalue weighted by atomic mass is 10.1. The Morgan fingerprint density at radius 3 is 1.91 bits per heavy atom. The van der Waals surface area contributed by atoms with Crippen LogP contribution in [0.25, 0.3) is 5.76 Å². The van der Waals surface area contributed by atoms with Gasteiger partial charge in [-0.25, -0.2) is 8.42 Å². The molecule has 35 heavy (non-hydrogen) atoms. The van der Waals surface area contributed by atoms with Gasteiger partial charge in [0.05, 0.1) is 22.2 Å². The van der Waals surface area contributed by atoms with Crippen LogP contribution in [0.5, 0.6) is 0 Å². The lowest BCUT2D eigenvalue weighted by molar-refractivity contribution is 0.461. The quantitative estimate of drug-likeness (QED) is 0.355. The molecule has 0 amide bonds. The zero-order chi connectivity index (χ0) is 25.4. The van der Waals surface area contributed by atoms with E-state index in [1.807, 2.05) is 6.07 Å². The van der Waals surface area contributed by atoms with Crippen molar-refractivity contribution in [3.05, 3.63) is 92.9 Å². The molecule has 1 aliphatic rings. The van der Waals surface area contributed by atoms with Crippen LogP contribution in [-0.2, 0) is 24.3 Å². The number of anilines is 1. The topological polar surface area (TPSA) is 105 Å². The van der Waals surface area contributed by atoms with Crippen molar-refractivity contribution in [2.24, 2.45) is 0 Å². The summed E-state index contributed by atoms with van der Waals surface area (Å²) in [5.41, 5.74) is 0.109. The van der Waals surface area contributed by atoms with Crippen LogP contribution < -0.4 is 4.31 Å². The summed E-state index contributed by atoms with van der Waals surface area (Å²) in [6.07, 6.45) is -0.110. The molecule has 0 saturated carbocycles. The first-order valence-corrected chi connectivity index (χ1v) is 13.9. The number of fused-ring (bicyclic) bond motifs is 1. The molecule has 0 radical (unpaired) electrons. The van der Waals surface area contributed by atoms with E-state index in [-0.39, 0.29) is 50.4 Å². The molecule has 0 fully saturated rings. The largest absolute Gasteiger partial charge is 0.377 e. The molecule has 0 aromatic heterocycles. The molecular weight excluding hydrogens is 555 g/mol. The smallest absolute Gasteiger partial charge is 0.339 e. The van der Waals surface area contributed by atoms with Gasteiger partial charge < -0.3 is 4.18 Å². The van der Waals surface area contributed by atoms with Gasteiger partial charge in [0.1, 0.15) is 4.90 Å².